The first-order chi connectivity index (χ1) is 23.8. The number of hydrogen-bond donors (Lipinski definition) is 3. The molecule has 3 rings (SSSR count). The summed E-state index contributed by atoms with van der Waals surface area (Å²) in [6, 6.07) is 0. The van der Waals surface area contributed by atoms with Gasteiger partial charge in [0.1, 0.15) is 30.3 Å². The van der Waals surface area contributed by atoms with Crippen LogP contribution in [0.3, 0.4) is 0 Å². The molecule has 2 aliphatic heterocycles. The Kier molecular flexibility index (Phi) is 26.1. The number of nitrogens with one attached hydrogen (secondary N) is 1. The van der Waals surface area contributed by atoms with E-state index < -0.39 is 32.1 Å². The number of anilines is 3. The number of nitrogens with two attached hydrogens (primary N) is 1. The number of hydrogen-bond acceptors (Lipinski definition) is 10. The number of fused-ring (bicyclic) bond motifs is 1. The zero-order valence-corrected chi connectivity index (χ0v) is 33.2. The minimum atomic E-state index is -3.82. The molecular formula is C37H74N5O6P. The second-order valence-electron chi connectivity index (χ2n) is 13.1. The van der Waals surface area contributed by atoms with E-state index in [0.29, 0.717) is 30.6 Å². The number of aromatic nitrogens is 2. The van der Waals surface area contributed by atoms with Crippen molar-refractivity contribution in [3.05, 3.63) is 6.33 Å². The van der Waals surface area contributed by atoms with Gasteiger partial charge in [-0.15, -0.1) is 0 Å². The predicted molar refractivity (Wildman–Crippen MR) is 204 cm³/mol. The third kappa shape index (κ3) is 18.5. The monoisotopic (exact) mass is 716 g/mol. The minimum Gasteiger partial charge on any atom is -0.382 e. The molecule has 0 bridgehead atoms. The summed E-state index contributed by atoms with van der Waals surface area (Å²) < 4.78 is 35.9. The molecule has 0 spiro atoms. The normalized spacial score (nSPS) is 20.9. The minimum absolute atomic E-state index is 0.194. The van der Waals surface area contributed by atoms with Gasteiger partial charge < -0.3 is 35.1 Å². The lowest BCUT2D eigenvalue weighted by molar-refractivity contribution is -0.0373. The summed E-state index contributed by atoms with van der Waals surface area (Å²) in [4.78, 5) is 20.4. The number of methoxy groups -OCH3 is 1. The van der Waals surface area contributed by atoms with Gasteiger partial charge in [0.25, 0.3) is 0 Å². The average molecular weight is 716 g/mol. The van der Waals surface area contributed by atoms with Gasteiger partial charge in [-0.3, -0.25) is 9.09 Å². The van der Waals surface area contributed by atoms with Gasteiger partial charge in [0.2, 0.25) is 0 Å². The van der Waals surface area contributed by atoms with Crippen molar-refractivity contribution in [3.63, 3.8) is 0 Å². The smallest absolute Gasteiger partial charge is 0.325 e. The van der Waals surface area contributed by atoms with Crippen molar-refractivity contribution in [2.24, 2.45) is 0 Å². The molecule has 5 unspecified atom stereocenters. The fourth-order valence-corrected chi connectivity index (χ4v) is 6.91. The van der Waals surface area contributed by atoms with E-state index in [9.17, 15) is 9.46 Å². The van der Waals surface area contributed by atoms with E-state index in [4.69, 9.17) is 24.5 Å². The van der Waals surface area contributed by atoms with Crippen LogP contribution >= 0.6 is 7.60 Å². The summed E-state index contributed by atoms with van der Waals surface area (Å²) in [5.41, 5.74) is 6.66. The molecule has 288 valence electrons. The van der Waals surface area contributed by atoms with Crippen molar-refractivity contribution < 1.29 is 28.2 Å². The van der Waals surface area contributed by atoms with Gasteiger partial charge in [-0.2, -0.15) is 0 Å². The highest BCUT2D eigenvalue weighted by atomic mass is 31.2. The van der Waals surface area contributed by atoms with E-state index in [1.807, 2.05) is 18.7 Å². The number of nitrogen functional groups attached to an aromatic ring is 1. The van der Waals surface area contributed by atoms with Gasteiger partial charge in [-0.1, -0.05) is 150 Å². The van der Waals surface area contributed by atoms with Crippen molar-refractivity contribution in [2.45, 2.75) is 181 Å². The molecule has 0 radical (unpaired) electrons. The second-order valence-corrected chi connectivity index (χ2v) is 15.0. The van der Waals surface area contributed by atoms with Gasteiger partial charge in [0.15, 0.2) is 17.9 Å². The topological polar surface area (TPSA) is 141 Å². The molecule has 1 fully saturated rings. The number of nitrogens with zero attached hydrogens (tertiary/aromatic N) is 3. The summed E-state index contributed by atoms with van der Waals surface area (Å²) >= 11 is 0. The van der Waals surface area contributed by atoms with Crippen molar-refractivity contribution in [3.8, 4) is 0 Å². The molecule has 0 aromatic carbocycles. The lowest BCUT2D eigenvalue weighted by Gasteiger charge is -2.30. The molecule has 5 atom stereocenters. The van der Waals surface area contributed by atoms with Crippen molar-refractivity contribution in [2.75, 3.05) is 49.6 Å². The lowest BCUT2D eigenvalue weighted by Crippen LogP contribution is -2.46. The SMILES string of the molecule is CC.CCCCCCC.CCCCCCCCCCCCCCCCOC1C(OP(C)(=O)O)C(COC)OC1N1CNc2c(N)ncnc21. The Hall–Kier alpha value is -1.49. The zero-order chi connectivity index (χ0) is 36.3. The van der Waals surface area contributed by atoms with Crippen LogP contribution in [0.25, 0.3) is 0 Å². The highest BCUT2D eigenvalue weighted by Gasteiger charge is 2.52. The number of rotatable bonds is 25. The van der Waals surface area contributed by atoms with Crippen molar-refractivity contribution in [1.29, 1.82) is 0 Å². The molecule has 4 N–H and O–H groups in total. The van der Waals surface area contributed by atoms with Gasteiger partial charge in [0, 0.05) is 20.4 Å². The Morgan fingerprint density at radius 2 is 1.35 bits per heavy atom. The molecule has 1 aromatic heterocycles. The molecule has 0 saturated carbocycles. The van der Waals surface area contributed by atoms with Crippen LogP contribution in [0.4, 0.5) is 17.3 Å². The van der Waals surface area contributed by atoms with E-state index in [2.05, 4.69) is 36.1 Å². The van der Waals surface area contributed by atoms with Crippen molar-refractivity contribution >= 4 is 24.9 Å². The third-order valence-corrected chi connectivity index (χ3v) is 9.45. The summed E-state index contributed by atoms with van der Waals surface area (Å²) in [7, 11) is -2.26. The Morgan fingerprint density at radius 1 is 0.857 bits per heavy atom. The fraction of sp³-hybridized carbons (Fsp3) is 0.892. The van der Waals surface area contributed by atoms with Crippen LogP contribution in [-0.4, -0.2) is 73.1 Å². The maximum atomic E-state index is 12.3. The highest BCUT2D eigenvalue weighted by molar-refractivity contribution is 7.51. The van der Waals surface area contributed by atoms with Gasteiger partial charge >= 0.3 is 7.60 Å². The Balaban J connectivity index is 0.00000118. The molecule has 11 nitrogen and oxygen atoms in total. The van der Waals surface area contributed by atoms with E-state index >= 15 is 0 Å². The predicted octanol–water partition coefficient (Wildman–Crippen LogP) is 9.69. The second kappa shape index (κ2) is 28.1. The quantitative estimate of drug-likeness (QED) is 0.0658. The van der Waals surface area contributed by atoms with Crippen LogP contribution in [0, 0.1) is 0 Å². The van der Waals surface area contributed by atoms with Gasteiger partial charge in [-0.25, -0.2) is 9.97 Å². The number of unbranched alkanes of at least 4 members (excludes halogenated alkanes) is 17. The highest BCUT2D eigenvalue weighted by Crippen LogP contribution is 2.45. The lowest BCUT2D eigenvalue weighted by atomic mass is 10.0. The third-order valence-electron chi connectivity index (χ3n) is 8.81. The molecule has 1 aromatic rings. The molecule has 0 aliphatic carbocycles. The van der Waals surface area contributed by atoms with Crippen molar-refractivity contribution in [1.82, 2.24) is 9.97 Å². The first-order valence-electron chi connectivity index (χ1n) is 19.6. The molecular weight excluding hydrogens is 641 g/mol. The Morgan fingerprint density at radius 3 is 1.84 bits per heavy atom. The first kappa shape index (κ1) is 45.5. The molecule has 1 saturated heterocycles. The summed E-state index contributed by atoms with van der Waals surface area (Å²) in [6.07, 6.45) is 23.8. The molecule has 0 amide bonds. The molecule has 2 aliphatic rings. The van der Waals surface area contributed by atoms with Crippen LogP contribution in [0.15, 0.2) is 6.33 Å². The molecule has 49 heavy (non-hydrogen) atoms. The maximum absolute atomic E-state index is 12.3. The fourth-order valence-electron chi connectivity index (χ4n) is 6.21. The van der Waals surface area contributed by atoms with Crippen LogP contribution in [0.5, 0.6) is 0 Å². The summed E-state index contributed by atoms with van der Waals surface area (Å²) in [5.74, 6) is 0.947. The maximum Gasteiger partial charge on any atom is 0.325 e. The van der Waals surface area contributed by atoms with E-state index in [1.54, 1.807) is 7.11 Å². The van der Waals surface area contributed by atoms with Gasteiger partial charge in [0.05, 0.1) is 13.3 Å². The van der Waals surface area contributed by atoms with E-state index in [0.717, 1.165) is 12.8 Å². The van der Waals surface area contributed by atoms with E-state index in [1.165, 1.54) is 122 Å². The largest absolute Gasteiger partial charge is 0.382 e. The van der Waals surface area contributed by atoms with Crippen LogP contribution in [0.2, 0.25) is 0 Å². The van der Waals surface area contributed by atoms with Crippen LogP contribution < -0.4 is 16.0 Å². The zero-order valence-electron chi connectivity index (χ0n) is 32.3. The van der Waals surface area contributed by atoms with Crippen LogP contribution in [-0.2, 0) is 23.3 Å². The van der Waals surface area contributed by atoms with E-state index in [-0.39, 0.29) is 6.61 Å². The summed E-state index contributed by atoms with van der Waals surface area (Å²) in [5, 5.41) is 3.21. The average Bonchev–Trinajstić information content (AvgIpc) is 3.66. The standard InChI is InChI=1S/C28H52N5O6P.C7H16.C2H6/c1-4-5-6-7-8-9-10-11-12-13-14-15-16-17-18-37-25-24(39-40(3,34)35)22(19-36-2)38-28(25)33-21-32-23-26(29)30-20-31-27(23)33;1-3-5-7-6-4-2;1-2/h20,22,24-25,28,32H,4-19,21H2,1-3H3,(H,34,35)(H2,29,30,31);3-7H2,1-2H3;1-2H3. The summed E-state index contributed by atoms with van der Waals surface area (Å²) in [6.45, 7) is 13.0. The number of ether oxygens (including phenoxy) is 3. The Bertz CT molecular complexity index is 983. The first-order valence-corrected chi connectivity index (χ1v) is 21.6. The van der Waals surface area contributed by atoms with Crippen LogP contribution in [0.1, 0.15) is 157 Å². The molecule has 3 heterocycles. The molecule has 12 heteroatoms. The Labute approximate surface area is 299 Å². The van der Waals surface area contributed by atoms with Gasteiger partial charge in [-0.05, 0) is 6.42 Å².